The number of aryl methyl sites for hydroxylation is 1. The zero-order chi connectivity index (χ0) is 11.8. The van der Waals surface area contributed by atoms with E-state index in [4.69, 9.17) is 5.73 Å². The highest BCUT2D eigenvalue weighted by Gasteiger charge is 2.07. The van der Waals surface area contributed by atoms with E-state index in [9.17, 15) is 0 Å². The van der Waals surface area contributed by atoms with Crippen molar-refractivity contribution in [2.45, 2.75) is 6.92 Å². The molecule has 0 bridgehead atoms. The van der Waals surface area contributed by atoms with Gasteiger partial charge in [0.1, 0.15) is 0 Å². The number of nitrogen functional groups attached to an aromatic ring is 1. The second kappa shape index (κ2) is 3.55. The molecule has 0 saturated heterocycles. The van der Waals surface area contributed by atoms with E-state index in [-0.39, 0.29) is 5.95 Å². The minimum atomic E-state index is 0.233. The minimum Gasteiger partial charge on any atom is -0.366 e. The second-order valence-corrected chi connectivity index (χ2v) is 3.88. The van der Waals surface area contributed by atoms with E-state index >= 15 is 0 Å². The summed E-state index contributed by atoms with van der Waals surface area (Å²) in [6, 6.07) is 10.1. The molecule has 2 aromatic heterocycles. The van der Waals surface area contributed by atoms with Gasteiger partial charge in [-0.1, -0.05) is 29.8 Å². The number of nitrogens with two attached hydrogens (primary N) is 1. The molecule has 0 radical (unpaired) electrons. The first-order valence-electron chi connectivity index (χ1n) is 5.28. The van der Waals surface area contributed by atoms with E-state index in [1.165, 1.54) is 5.56 Å². The van der Waals surface area contributed by atoms with Crippen molar-refractivity contribution in [2.24, 2.45) is 0 Å². The van der Waals surface area contributed by atoms with Crippen molar-refractivity contribution in [3.8, 4) is 11.3 Å². The van der Waals surface area contributed by atoms with E-state index in [0.717, 1.165) is 11.3 Å². The number of benzene rings is 1. The zero-order valence-corrected chi connectivity index (χ0v) is 9.33. The lowest BCUT2D eigenvalue weighted by Gasteiger charge is -2.03. The Bertz CT molecular complexity index is 669. The minimum absolute atomic E-state index is 0.233. The molecule has 0 aliphatic carbocycles. The molecule has 2 heterocycles. The van der Waals surface area contributed by atoms with Gasteiger partial charge >= 0.3 is 0 Å². The zero-order valence-electron chi connectivity index (χ0n) is 9.33. The third-order valence-corrected chi connectivity index (χ3v) is 2.60. The molecule has 3 rings (SSSR count). The van der Waals surface area contributed by atoms with Crippen molar-refractivity contribution in [3.05, 3.63) is 42.1 Å². The van der Waals surface area contributed by atoms with Crippen molar-refractivity contribution in [1.29, 1.82) is 0 Å². The van der Waals surface area contributed by atoms with Gasteiger partial charge in [-0.25, -0.2) is 4.98 Å². The van der Waals surface area contributed by atoms with E-state index in [1.54, 1.807) is 10.7 Å². The molecule has 0 fully saturated rings. The fourth-order valence-corrected chi connectivity index (χ4v) is 1.75. The normalized spacial score (nSPS) is 10.9. The fourth-order valence-electron chi connectivity index (χ4n) is 1.75. The Morgan fingerprint density at radius 3 is 2.65 bits per heavy atom. The molecular formula is C12H11N5. The van der Waals surface area contributed by atoms with E-state index in [2.05, 4.69) is 34.1 Å². The van der Waals surface area contributed by atoms with Crippen LogP contribution in [0.2, 0.25) is 0 Å². The maximum Gasteiger partial charge on any atom is 0.254 e. The quantitative estimate of drug-likeness (QED) is 0.684. The lowest BCUT2D eigenvalue weighted by molar-refractivity contribution is 0.953. The topological polar surface area (TPSA) is 69.1 Å². The van der Waals surface area contributed by atoms with Gasteiger partial charge in [-0.15, -0.1) is 5.10 Å². The first kappa shape index (κ1) is 9.77. The van der Waals surface area contributed by atoms with Crippen LogP contribution >= 0.6 is 0 Å². The van der Waals surface area contributed by atoms with Crippen molar-refractivity contribution in [1.82, 2.24) is 19.6 Å². The number of anilines is 1. The van der Waals surface area contributed by atoms with Crippen LogP contribution in [0.4, 0.5) is 5.95 Å². The van der Waals surface area contributed by atoms with Crippen molar-refractivity contribution in [3.63, 3.8) is 0 Å². The predicted octanol–water partition coefficient (Wildman–Crippen LogP) is 1.68. The molecule has 3 aromatic rings. The van der Waals surface area contributed by atoms with Crippen molar-refractivity contribution < 1.29 is 0 Å². The Balaban J connectivity index is 2.26. The molecule has 0 atom stereocenters. The Hall–Kier alpha value is -2.43. The summed E-state index contributed by atoms with van der Waals surface area (Å²) in [7, 11) is 0. The molecule has 0 unspecified atom stereocenters. The predicted molar refractivity (Wildman–Crippen MR) is 65.4 cm³/mol. The Morgan fingerprint density at radius 1 is 1.12 bits per heavy atom. The van der Waals surface area contributed by atoms with Crippen LogP contribution in [0.1, 0.15) is 5.56 Å². The molecule has 5 nitrogen and oxygen atoms in total. The highest BCUT2D eigenvalue weighted by atomic mass is 15.4. The van der Waals surface area contributed by atoms with Crippen LogP contribution in [-0.2, 0) is 0 Å². The molecule has 84 valence electrons. The standard InChI is InChI=1S/C12H11N5/c1-8-2-4-9(5-3-8)10-6-7-14-12-15-11(13)16-17(10)12/h2-7H,1H3,(H2,13,16). The second-order valence-electron chi connectivity index (χ2n) is 3.88. The molecule has 0 aliphatic rings. The third-order valence-electron chi connectivity index (χ3n) is 2.60. The highest BCUT2D eigenvalue weighted by molar-refractivity contribution is 5.62. The summed E-state index contributed by atoms with van der Waals surface area (Å²) in [6.45, 7) is 2.05. The third kappa shape index (κ3) is 1.61. The SMILES string of the molecule is Cc1ccc(-c2ccnc3nc(N)nn23)cc1. The van der Waals surface area contributed by atoms with Gasteiger partial charge in [-0.05, 0) is 13.0 Å². The van der Waals surface area contributed by atoms with E-state index in [1.807, 2.05) is 18.2 Å². The number of aromatic nitrogens is 4. The van der Waals surface area contributed by atoms with Gasteiger partial charge in [-0.3, -0.25) is 0 Å². The van der Waals surface area contributed by atoms with Gasteiger partial charge in [0.25, 0.3) is 5.78 Å². The molecule has 0 saturated carbocycles. The van der Waals surface area contributed by atoms with Crippen molar-refractivity contribution in [2.75, 3.05) is 5.73 Å². The smallest absolute Gasteiger partial charge is 0.254 e. The summed E-state index contributed by atoms with van der Waals surface area (Å²) >= 11 is 0. The molecule has 2 N–H and O–H groups in total. The largest absolute Gasteiger partial charge is 0.366 e. The summed E-state index contributed by atoms with van der Waals surface area (Å²) < 4.78 is 1.65. The summed E-state index contributed by atoms with van der Waals surface area (Å²) in [5.41, 5.74) is 8.79. The van der Waals surface area contributed by atoms with E-state index in [0.29, 0.717) is 5.78 Å². The van der Waals surface area contributed by atoms with Crippen molar-refractivity contribution >= 4 is 11.7 Å². The van der Waals surface area contributed by atoms with Gasteiger partial charge in [0.2, 0.25) is 5.95 Å². The molecule has 5 heteroatoms. The fraction of sp³-hybridized carbons (Fsp3) is 0.0833. The van der Waals surface area contributed by atoms with Crippen LogP contribution in [-0.4, -0.2) is 19.6 Å². The van der Waals surface area contributed by atoms with Crippen LogP contribution in [0.5, 0.6) is 0 Å². The monoisotopic (exact) mass is 225 g/mol. The number of rotatable bonds is 1. The molecule has 1 aromatic carbocycles. The lowest BCUT2D eigenvalue weighted by atomic mass is 10.1. The van der Waals surface area contributed by atoms with Gasteiger partial charge in [0.15, 0.2) is 0 Å². The summed E-state index contributed by atoms with van der Waals surface area (Å²) in [4.78, 5) is 8.15. The van der Waals surface area contributed by atoms with Crippen LogP contribution in [0.3, 0.4) is 0 Å². The summed E-state index contributed by atoms with van der Waals surface area (Å²) in [5.74, 6) is 0.748. The Labute approximate surface area is 97.9 Å². The Morgan fingerprint density at radius 2 is 1.88 bits per heavy atom. The number of hydrogen-bond acceptors (Lipinski definition) is 4. The average molecular weight is 225 g/mol. The maximum atomic E-state index is 5.58. The van der Waals surface area contributed by atoms with Crippen LogP contribution in [0.25, 0.3) is 17.0 Å². The molecule has 0 aliphatic heterocycles. The van der Waals surface area contributed by atoms with Gasteiger partial charge in [-0.2, -0.15) is 9.50 Å². The first-order valence-corrected chi connectivity index (χ1v) is 5.28. The number of fused-ring (bicyclic) bond motifs is 1. The van der Waals surface area contributed by atoms with Crippen LogP contribution in [0.15, 0.2) is 36.5 Å². The first-order chi connectivity index (χ1) is 8.24. The number of hydrogen-bond donors (Lipinski definition) is 1. The van der Waals surface area contributed by atoms with Crippen LogP contribution < -0.4 is 5.73 Å². The van der Waals surface area contributed by atoms with Gasteiger partial charge < -0.3 is 5.73 Å². The highest BCUT2D eigenvalue weighted by Crippen LogP contribution is 2.19. The average Bonchev–Trinajstić information content (AvgIpc) is 2.70. The number of nitrogens with zero attached hydrogens (tertiary/aromatic N) is 4. The van der Waals surface area contributed by atoms with E-state index < -0.39 is 0 Å². The van der Waals surface area contributed by atoms with Crippen LogP contribution in [0, 0.1) is 6.92 Å². The maximum absolute atomic E-state index is 5.58. The summed E-state index contributed by atoms with van der Waals surface area (Å²) in [6.07, 6.45) is 1.71. The molecular weight excluding hydrogens is 214 g/mol. The molecule has 17 heavy (non-hydrogen) atoms. The summed E-state index contributed by atoms with van der Waals surface area (Å²) in [5, 5.41) is 4.13. The van der Waals surface area contributed by atoms with Gasteiger partial charge in [0.05, 0.1) is 5.69 Å². The molecule has 0 amide bonds. The Kier molecular flexibility index (Phi) is 2.04. The molecule has 0 spiro atoms. The lowest BCUT2D eigenvalue weighted by Crippen LogP contribution is -1.96. The van der Waals surface area contributed by atoms with Gasteiger partial charge in [0, 0.05) is 11.8 Å².